The number of carbonyl (C=O) groups excluding carboxylic acids is 1. The quantitative estimate of drug-likeness (QED) is 0.792. The zero-order chi connectivity index (χ0) is 12.2. The minimum atomic E-state index is -4.26. The van der Waals surface area contributed by atoms with Gasteiger partial charge in [-0.05, 0) is 12.1 Å². The number of hydrogen-bond acceptors (Lipinski definition) is 2. The Morgan fingerprint density at radius 3 is 2.50 bits per heavy atom. The predicted molar refractivity (Wildman–Crippen MR) is 56.7 cm³/mol. The lowest BCUT2D eigenvalue weighted by molar-refractivity contribution is -0.132. The Labute approximate surface area is 96.3 Å². The molecule has 1 amide bonds. The van der Waals surface area contributed by atoms with Gasteiger partial charge in [0.25, 0.3) is 5.91 Å². The molecule has 0 heterocycles. The second-order valence-corrected chi connectivity index (χ2v) is 3.62. The van der Waals surface area contributed by atoms with E-state index >= 15 is 0 Å². The number of carbonyl (C=O) groups is 1. The van der Waals surface area contributed by atoms with Crippen LogP contribution in [0, 0.1) is 0 Å². The molecule has 0 unspecified atom stereocenters. The van der Waals surface area contributed by atoms with Crippen molar-refractivity contribution in [2.45, 2.75) is 17.5 Å². The Kier molecular flexibility index (Phi) is 4.23. The van der Waals surface area contributed by atoms with Crippen molar-refractivity contribution >= 4 is 18.5 Å². The molecule has 2 nitrogen and oxygen atoms in total. The molecule has 0 aromatic heterocycles. The second kappa shape index (κ2) is 5.25. The molecule has 1 N–H and O–H groups in total. The van der Waals surface area contributed by atoms with Gasteiger partial charge in [-0.2, -0.15) is 13.2 Å². The average Bonchev–Trinajstić information content (AvgIpc) is 2.16. The van der Waals surface area contributed by atoms with Crippen LogP contribution in [0.3, 0.4) is 0 Å². The standard InChI is InChI=1S/C10H10F3NOS/c11-10(12,13)5-6-14-9(15)7-3-1-2-4-8(7)16/h1-4,16H,5-6H2,(H,14,15). The largest absolute Gasteiger partial charge is 0.390 e. The zero-order valence-corrected chi connectivity index (χ0v) is 9.11. The Hall–Kier alpha value is -1.17. The van der Waals surface area contributed by atoms with Gasteiger partial charge in [0.05, 0.1) is 12.0 Å². The van der Waals surface area contributed by atoms with Crippen molar-refractivity contribution in [2.24, 2.45) is 0 Å². The lowest BCUT2D eigenvalue weighted by atomic mass is 10.2. The summed E-state index contributed by atoms with van der Waals surface area (Å²) in [6, 6.07) is 6.42. The molecule has 88 valence electrons. The van der Waals surface area contributed by atoms with Gasteiger partial charge in [-0.25, -0.2) is 0 Å². The van der Waals surface area contributed by atoms with Crippen molar-refractivity contribution in [3.05, 3.63) is 29.8 Å². The number of nitrogens with one attached hydrogen (secondary N) is 1. The number of alkyl halides is 3. The normalized spacial score (nSPS) is 11.2. The summed E-state index contributed by atoms with van der Waals surface area (Å²) in [7, 11) is 0. The van der Waals surface area contributed by atoms with E-state index in [1.54, 1.807) is 18.2 Å². The van der Waals surface area contributed by atoms with E-state index in [0.717, 1.165) is 0 Å². The average molecular weight is 249 g/mol. The lowest BCUT2D eigenvalue weighted by Crippen LogP contribution is -2.28. The van der Waals surface area contributed by atoms with Gasteiger partial charge in [0.1, 0.15) is 0 Å². The molecule has 0 atom stereocenters. The first kappa shape index (κ1) is 12.9. The van der Waals surface area contributed by atoms with Gasteiger partial charge in [0.2, 0.25) is 0 Å². The Morgan fingerprint density at radius 1 is 1.31 bits per heavy atom. The third-order valence-electron chi connectivity index (χ3n) is 1.84. The number of amides is 1. The molecule has 0 aliphatic heterocycles. The number of hydrogen-bond donors (Lipinski definition) is 2. The summed E-state index contributed by atoms with van der Waals surface area (Å²) in [5, 5.41) is 2.19. The SMILES string of the molecule is O=C(NCCC(F)(F)F)c1ccccc1S. The van der Waals surface area contributed by atoms with Crippen LogP contribution in [-0.4, -0.2) is 18.6 Å². The Balaban J connectivity index is 2.51. The molecule has 0 saturated heterocycles. The summed E-state index contributed by atoms with van der Waals surface area (Å²) in [5.74, 6) is -0.546. The van der Waals surface area contributed by atoms with Crippen molar-refractivity contribution in [1.82, 2.24) is 5.32 Å². The molecular formula is C10H10F3NOS. The minimum Gasteiger partial charge on any atom is -0.352 e. The molecule has 6 heteroatoms. The summed E-state index contributed by atoms with van der Waals surface area (Å²) in [5.41, 5.74) is 0.271. The van der Waals surface area contributed by atoms with E-state index < -0.39 is 25.0 Å². The van der Waals surface area contributed by atoms with Crippen LogP contribution in [0.1, 0.15) is 16.8 Å². The maximum absolute atomic E-state index is 11.8. The first-order chi connectivity index (χ1) is 7.40. The summed E-state index contributed by atoms with van der Waals surface area (Å²) in [4.78, 5) is 11.9. The van der Waals surface area contributed by atoms with Crippen LogP contribution in [0.5, 0.6) is 0 Å². The van der Waals surface area contributed by atoms with Crippen molar-refractivity contribution in [3.63, 3.8) is 0 Å². The fourth-order valence-electron chi connectivity index (χ4n) is 1.08. The Bertz CT molecular complexity index is 379. The molecule has 0 radical (unpaired) electrons. The van der Waals surface area contributed by atoms with Gasteiger partial charge in [-0.15, -0.1) is 12.6 Å². The molecule has 0 bridgehead atoms. The van der Waals surface area contributed by atoms with E-state index in [0.29, 0.717) is 4.90 Å². The van der Waals surface area contributed by atoms with Gasteiger partial charge in [-0.3, -0.25) is 4.79 Å². The predicted octanol–water partition coefficient (Wildman–Crippen LogP) is 2.66. The first-order valence-electron chi connectivity index (χ1n) is 4.53. The smallest absolute Gasteiger partial charge is 0.352 e. The first-order valence-corrected chi connectivity index (χ1v) is 4.98. The molecule has 0 aliphatic carbocycles. The summed E-state index contributed by atoms with van der Waals surface area (Å²) < 4.78 is 35.5. The van der Waals surface area contributed by atoms with Crippen LogP contribution >= 0.6 is 12.6 Å². The monoisotopic (exact) mass is 249 g/mol. The number of thiol groups is 1. The van der Waals surface area contributed by atoms with Gasteiger partial charge in [-0.1, -0.05) is 12.1 Å². The van der Waals surface area contributed by atoms with Crippen LogP contribution in [0.4, 0.5) is 13.2 Å². The van der Waals surface area contributed by atoms with Crippen LogP contribution < -0.4 is 5.32 Å². The van der Waals surface area contributed by atoms with Gasteiger partial charge in [0, 0.05) is 11.4 Å². The zero-order valence-electron chi connectivity index (χ0n) is 8.21. The maximum atomic E-state index is 11.8. The van der Waals surface area contributed by atoms with E-state index in [1.165, 1.54) is 6.07 Å². The molecule has 0 aliphatic rings. The van der Waals surface area contributed by atoms with Crippen LogP contribution in [0.2, 0.25) is 0 Å². The van der Waals surface area contributed by atoms with Crippen molar-refractivity contribution in [2.75, 3.05) is 6.54 Å². The van der Waals surface area contributed by atoms with Crippen molar-refractivity contribution in [3.8, 4) is 0 Å². The third kappa shape index (κ3) is 4.14. The van der Waals surface area contributed by atoms with Gasteiger partial charge < -0.3 is 5.32 Å². The van der Waals surface area contributed by atoms with E-state index in [1.807, 2.05) is 0 Å². The molecule has 0 fully saturated rings. The van der Waals surface area contributed by atoms with Crippen molar-refractivity contribution in [1.29, 1.82) is 0 Å². The minimum absolute atomic E-state index is 0.271. The van der Waals surface area contributed by atoms with Crippen LogP contribution in [0.25, 0.3) is 0 Å². The van der Waals surface area contributed by atoms with E-state index in [2.05, 4.69) is 17.9 Å². The highest BCUT2D eigenvalue weighted by Gasteiger charge is 2.26. The summed E-state index contributed by atoms with van der Waals surface area (Å²) >= 11 is 4.03. The number of benzene rings is 1. The highest BCUT2D eigenvalue weighted by Crippen LogP contribution is 2.18. The number of halogens is 3. The van der Waals surface area contributed by atoms with Gasteiger partial charge >= 0.3 is 6.18 Å². The molecular weight excluding hydrogens is 239 g/mol. The molecule has 1 aromatic rings. The van der Waals surface area contributed by atoms with E-state index in [-0.39, 0.29) is 5.56 Å². The van der Waals surface area contributed by atoms with Crippen LogP contribution in [0.15, 0.2) is 29.2 Å². The van der Waals surface area contributed by atoms with E-state index in [9.17, 15) is 18.0 Å². The fraction of sp³-hybridized carbons (Fsp3) is 0.300. The third-order valence-corrected chi connectivity index (χ3v) is 2.23. The highest BCUT2D eigenvalue weighted by molar-refractivity contribution is 7.80. The van der Waals surface area contributed by atoms with Gasteiger partial charge in [0.15, 0.2) is 0 Å². The lowest BCUT2D eigenvalue weighted by Gasteiger charge is -2.08. The highest BCUT2D eigenvalue weighted by atomic mass is 32.1. The molecule has 0 spiro atoms. The second-order valence-electron chi connectivity index (χ2n) is 3.14. The molecule has 0 saturated carbocycles. The van der Waals surface area contributed by atoms with Crippen LogP contribution in [-0.2, 0) is 0 Å². The fourth-order valence-corrected chi connectivity index (χ4v) is 1.34. The summed E-state index contributed by atoms with van der Waals surface area (Å²) in [6.07, 6.45) is -5.29. The Morgan fingerprint density at radius 2 is 1.94 bits per heavy atom. The molecule has 1 rings (SSSR count). The molecule has 16 heavy (non-hydrogen) atoms. The topological polar surface area (TPSA) is 29.1 Å². The van der Waals surface area contributed by atoms with Crippen molar-refractivity contribution < 1.29 is 18.0 Å². The maximum Gasteiger partial charge on any atom is 0.390 e. The van der Waals surface area contributed by atoms with E-state index in [4.69, 9.17) is 0 Å². The summed E-state index contributed by atoms with van der Waals surface area (Å²) in [6.45, 7) is -0.426. The number of rotatable bonds is 3. The molecule has 1 aromatic carbocycles.